The highest BCUT2D eigenvalue weighted by atomic mass is 15.2. The molecule has 1 unspecified atom stereocenters. The molecule has 0 aliphatic rings. The van der Waals surface area contributed by atoms with Crippen LogP contribution in [0.2, 0.25) is 0 Å². The third kappa shape index (κ3) is 4.33. The van der Waals surface area contributed by atoms with Gasteiger partial charge >= 0.3 is 0 Å². The molecule has 0 aliphatic carbocycles. The predicted molar refractivity (Wildman–Crippen MR) is 67.5 cm³/mol. The molecule has 0 amide bonds. The summed E-state index contributed by atoms with van der Waals surface area (Å²) in [5.74, 6) is 0. The van der Waals surface area contributed by atoms with Crippen molar-refractivity contribution in [2.24, 2.45) is 7.05 Å². The molecule has 0 spiro atoms. The zero-order chi connectivity index (χ0) is 12.0. The van der Waals surface area contributed by atoms with Gasteiger partial charge in [-0.15, -0.1) is 0 Å². The van der Waals surface area contributed by atoms with Gasteiger partial charge in [-0.2, -0.15) is 5.10 Å². The average Bonchev–Trinajstić information content (AvgIpc) is 2.64. The molecule has 0 saturated carbocycles. The maximum atomic E-state index is 4.18. The Labute approximate surface area is 98.6 Å². The lowest BCUT2D eigenvalue weighted by atomic mass is 10.1. The quantitative estimate of drug-likeness (QED) is 0.747. The zero-order valence-electron chi connectivity index (χ0n) is 10.9. The van der Waals surface area contributed by atoms with Gasteiger partial charge < -0.3 is 10.2 Å². The summed E-state index contributed by atoms with van der Waals surface area (Å²) in [5, 5.41) is 7.57. The highest BCUT2D eigenvalue weighted by molar-refractivity contribution is 5.00. The molecule has 0 saturated heterocycles. The zero-order valence-corrected chi connectivity index (χ0v) is 10.9. The molecule has 0 aliphatic heterocycles. The van der Waals surface area contributed by atoms with E-state index < -0.39 is 0 Å². The second-order valence-electron chi connectivity index (χ2n) is 4.56. The number of aromatic nitrogens is 2. The van der Waals surface area contributed by atoms with E-state index in [2.05, 4.69) is 35.5 Å². The van der Waals surface area contributed by atoms with E-state index in [1.807, 2.05) is 25.0 Å². The van der Waals surface area contributed by atoms with Crippen LogP contribution in [0.1, 0.15) is 18.5 Å². The first-order valence-electron chi connectivity index (χ1n) is 5.92. The summed E-state index contributed by atoms with van der Waals surface area (Å²) in [6, 6.07) is 2.69. The van der Waals surface area contributed by atoms with Crippen molar-refractivity contribution in [3.05, 3.63) is 18.0 Å². The number of hydrogen-bond donors (Lipinski definition) is 1. The lowest BCUT2D eigenvalue weighted by Crippen LogP contribution is -2.30. The molecule has 0 bridgehead atoms. The van der Waals surface area contributed by atoms with E-state index in [0.717, 1.165) is 13.0 Å². The standard InChI is InChI=1S/C12H24N4/c1-13-11(8-10-15(2)3)5-6-12-7-9-14-16(12)4/h7,9,11,13H,5-6,8,10H2,1-4H3. The van der Waals surface area contributed by atoms with Crippen molar-refractivity contribution in [2.75, 3.05) is 27.7 Å². The average molecular weight is 224 g/mol. The van der Waals surface area contributed by atoms with Gasteiger partial charge in [0, 0.05) is 25.0 Å². The lowest BCUT2D eigenvalue weighted by molar-refractivity contribution is 0.356. The van der Waals surface area contributed by atoms with Crippen LogP contribution in [-0.4, -0.2) is 48.4 Å². The van der Waals surface area contributed by atoms with E-state index in [0.29, 0.717) is 6.04 Å². The summed E-state index contributed by atoms with van der Waals surface area (Å²) in [5.41, 5.74) is 1.31. The Hall–Kier alpha value is -0.870. The van der Waals surface area contributed by atoms with Crippen LogP contribution >= 0.6 is 0 Å². The minimum absolute atomic E-state index is 0.595. The molecule has 1 rings (SSSR count). The molecule has 0 aromatic carbocycles. The maximum absolute atomic E-state index is 4.18. The van der Waals surface area contributed by atoms with Crippen LogP contribution in [0.25, 0.3) is 0 Å². The van der Waals surface area contributed by atoms with E-state index in [4.69, 9.17) is 0 Å². The van der Waals surface area contributed by atoms with E-state index >= 15 is 0 Å². The van der Waals surface area contributed by atoms with Crippen molar-refractivity contribution < 1.29 is 0 Å². The largest absolute Gasteiger partial charge is 0.317 e. The summed E-state index contributed by atoms with van der Waals surface area (Å²) in [4.78, 5) is 2.23. The van der Waals surface area contributed by atoms with Gasteiger partial charge in [0.1, 0.15) is 0 Å². The fourth-order valence-electron chi connectivity index (χ4n) is 1.82. The Balaban J connectivity index is 2.31. The molecule has 1 aromatic heterocycles. The normalized spacial score (nSPS) is 13.3. The first-order valence-corrected chi connectivity index (χ1v) is 5.92. The molecule has 1 atom stereocenters. The van der Waals surface area contributed by atoms with Crippen LogP contribution in [0.15, 0.2) is 12.3 Å². The summed E-state index contributed by atoms with van der Waals surface area (Å²) in [7, 11) is 8.29. The smallest absolute Gasteiger partial charge is 0.0492 e. The van der Waals surface area contributed by atoms with Crippen LogP contribution in [0.5, 0.6) is 0 Å². The summed E-state index contributed by atoms with van der Waals surface area (Å²) in [6.45, 7) is 1.14. The maximum Gasteiger partial charge on any atom is 0.0492 e. The van der Waals surface area contributed by atoms with Crippen molar-refractivity contribution >= 4 is 0 Å². The third-order valence-electron chi connectivity index (χ3n) is 3.00. The van der Waals surface area contributed by atoms with E-state index in [-0.39, 0.29) is 0 Å². The summed E-state index contributed by atoms with van der Waals surface area (Å²) in [6.07, 6.45) is 5.32. The lowest BCUT2D eigenvalue weighted by Gasteiger charge is -2.18. The molecular formula is C12H24N4. The minimum atomic E-state index is 0.595. The Kier molecular flexibility index (Phi) is 5.49. The van der Waals surface area contributed by atoms with Gasteiger partial charge in [0.05, 0.1) is 0 Å². The van der Waals surface area contributed by atoms with Gasteiger partial charge in [-0.05, 0) is 53.0 Å². The Bertz CT molecular complexity index is 293. The topological polar surface area (TPSA) is 33.1 Å². The van der Waals surface area contributed by atoms with Gasteiger partial charge in [0.25, 0.3) is 0 Å². The number of rotatable bonds is 7. The molecule has 16 heavy (non-hydrogen) atoms. The number of hydrogen-bond acceptors (Lipinski definition) is 3. The van der Waals surface area contributed by atoms with E-state index in [1.54, 1.807) is 0 Å². The first-order chi connectivity index (χ1) is 7.63. The van der Waals surface area contributed by atoms with Crippen LogP contribution in [0, 0.1) is 0 Å². The molecule has 92 valence electrons. The van der Waals surface area contributed by atoms with Crippen molar-refractivity contribution in [3.8, 4) is 0 Å². The van der Waals surface area contributed by atoms with Gasteiger partial charge in [0.15, 0.2) is 0 Å². The van der Waals surface area contributed by atoms with Gasteiger partial charge in [-0.3, -0.25) is 4.68 Å². The molecule has 4 heteroatoms. The molecule has 0 fully saturated rings. The molecule has 1 aromatic rings. The van der Waals surface area contributed by atoms with E-state index in [9.17, 15) is 0 Å². The van der Waals surface area contributed by atoms with Gasteiger partial charge in [-0.1, -0.05) is 0 Å². The molecule has 4 nitrogen and oxygen atoms in total. The SMILES string of the molecule is CNC(CCc1ccnn1C)CCN(C)C. The van der Waals surface area contributed by atoms with Crippen LogP contribution in [-0.2, 0) is 13.5 Å². The van der Waals surface area contributed by atoms with Crippen molar-refractivity contribution in [1.82, 2.24) is 20.0 Å². The van der Waals surface area contributed by atoms with Crippen LogP contribution < -0.4 is 5.32 Å². The number of nitrogens with one attached hydrogen (secondary N) is 1. The molecular weight excluding hydrogens is 200 g/mol. The first kappa shape index (κ1) is 13.2. The van der Waals surface area contributed by atoms with Crippen LogP contribution in [0.3, 0.4) is 0 Å². The van der Waals surface area contributed by atoms with Crippen molar-refractivity contribution in [3.63, 3.8) is 0 Å². The Morgan fingerprint density at radius 1 is 1.44 bits per heavy atom. The van der Waals surface area contributed by atoms with Crippen molar-refractivity contribution in [2.45, 2.75) is 25.3 Å². The second kappa shape index (κ2) is 6.66. The number of aryl methyl sites for hydroxylation is 2. The molecule has 0 radical (unpaired) electrons. The van der Waals surface area contributed by atoms with Crippen molar-refractivity contribution in [1.29, 1.82) is 0 Å². The highest BCUT2D eigenvalue weighted by Gasteiger charge is 2.08. The molecule has 1 N–H and O–H groups in total. The predicted octanol–water partition coefficient (Wildman–Crippen LogP) is 0.892. The second-order valence-corrected chi connectivity index (χ2v) is 4.56. The number of nitrogens with zero attached hydrogens (tertiary/aromatic N) is 3. The fourth-order valence-corrected chi connectivity index (χ4v) is 1.82. The van der Waals surface area contributed by atoms with Gasteiger partial charge in [0.2, 0.25) is 0 Å². The molecule has 1 heterocycles. The van der Waals surface area contributed by atoms with Crippen LogP contribution in [0.4, 0.5) is 0 Å². The van der Waals surface area contributed by atoms with Gasteiger partial charge in [-0.25, -0.2) is 0 Å². The minimum Gasteiger partial charge on any atom is -0.317 e. The Morgan fingerprint density at radius 3 is 2.69 bits per heavy atom. The highest BCUT2D eigenvalue weighted by Crippen LogP contribution is 2.06. The summed E-state index contributed by atoms with van der Waals surface area (Å²) < 4.78 is 1.96. The van der Waals surface area contributed by atoms with E-state index in [1.165, 1.54) is 18.5 Å². The summed E-state index contributed by atoms with van der Waals surface area (Å²) >= 11 is 0. The third-order valence-corrected chi connectivity index (χ3v) is 3.00. The Morgan fingerprint density at radius 2 is 2.19 bits per heavy atom. The monoisotopic (exact) mass is 224 g/mol. The fraction of sp³-hybridized carbons (Fsp3) is 0.750.